The van der Waals surface area contributed by atoms with Crippen molar-refractivity contribution in [3.63, 3.8) is 0 Å². The minimum Gasteiger partial charge on any atom is -0.378 e. The van der Waals surface area contributed by atoms with Gasteiger partial charge in [-0.1, -0.05) is 12.1 Å². The summed E-state index contributed by atoms with van der Waals surface area (Å²) >= 11 is 0. The Bertz CT molecular complexity index is 1360. The first kappa shape index (κ1) is 19.4. The number of benzene rings is 1. The number of likely N-dealkylation sites (tertiary alicyclic amines) is 1. The molecule has 2 atom stereocenters. The van der Waals surface area contributed by atoms with Gasteiger partial charge in [-0.2, -0.15) is 9.97 Å². The van der Waals surface area contributed by atoms with E-state index in [9.17, 15) is 0 Å². The van der Waals surface area contributed by atoms with E-state index >= 15 is 0 Å². The standard InChI is InChI=1S/C24H28N8O/c1-15-25-18-5-3-4-6-19(18)32(15)24-27-22-21(23(28-24)31-7-9-33-10-8-31)26-20(29(22)2)14-30-12-16-11-17(16)13-30/h3-6,16-17H,7-14H2,1-2H3/t16-,17?/m0/s1. The number of fused-ring (bicyclic) bond motifs is 3. The zero-order valence-corrected chi connectivity index (χ0v) is 19.1. The molecule has 1 aromatic carbocycles. The van der Waals surface area contributed by atoms with Gasteiger partial charge in [-0.05, 0) is 37.3 Å². The highest BCUT2D eigenvalue weighted by Crippen LogP contribution is 2.45. The van der Waals surface area contributed by atoms with Crippen molar-refractivity contribution >= 4 is 28.0 Å². The van der Waals surface area contributed by atoms with E-state index in [-0.39, 0.29) is 0 Å². The number of para-hydroxylation sites is 2. The van der Waals surface area contributed by atoms with E-state index in [1.165, 1.54) is 19.5 Å². The van der Waals surface area contributed by atoms with E-state index in [0.717, 1.165) is 71.1 Å². The fourth-order valence-electron chi connectivity index (χ4n) is 5.54. The Balaban J connectivity index is 1.39. The summed E-state index contributed by atoms with van der Waals surface area (Å²) in [7, 11) is 2.08. The van der Waals surface area contributed by atoms with E-state index in [4.69, 9.17) is 24.7 Å². The van der Waals surface area contributed by atoms with Crippen LogP contribution in [0.25, 0.3) is 28.1 Å². The zero-order valence-electron chi connectivity index (χ0n) is 19.1. The average Bonchev–Trinajstić information content (AvgIpc) is 3.14. The lowest BCUT2D eigenvalue weighted by Crippen LogP contribution is -2.37. The Hall–Kier alpha value is -3.04. The molecule has 3 aliphatic rings. The molecule has 1 saturated carbocycles. The molecule has 4 aromatic rings. The number of nitrogens with zero attached hydrogens (tertiary/aromatic N) is 8. The van der Waals surface area contributed by atoms with E-state index in [2.05, 4.69) is 32.0 Å². The zero-order chi connectivity index (χ0) is 22.1. The minimum absolute atomic E-state index is 0.646. The molecule has 7 rings (SSSR count). The highest BCUT2D eigenvalue weighted by Gasteiger charge is 2.45. The molecule has 3 fully saturated rings. The molecule has 0 bridgehead atoms. The SMILES string of the molecule is Cc1nc2ccccc2n1-c1nc(N2CCOCC2)c2nc(CN3CC4C[C@H]4C3)n(C)c2n1. The van der Waals surface area contributed by atoms with Gasteiger partial charge in [0.2, 0.25) is 5.95 Å². The van der Waals surface area contributed by atoms with Gasteiger partial charge in [0.15, 0.2) is 17.0 Å². The van der Waals surface area contributed by atoms with Crippen molar-refractivity contribution in [2.45, 2.75) is 19.9 Å². The molecule has 170 valence electrons. The molecule has 0 spiro atoms. The highest BCUT2D eigenvalue weighted by molar-refractivity contribution is 5.86. The van der Waals surface area contributed by atoms with Crippen molar-refractivity contribution in [2.24, 2.45) is 18.9 Å². The fourth-order valence-corrected chi connectivity index (χ4v) is 5.54. The van der Waals surface area contributed by atoms with Crippen LogP contribution in [-0.4, -0.2) is 73.4 Å². The van der Waals surface area contributed by atoms with Gasteiger partial charge in [0, 0.05) is 33.2 Å². The number of piperidine rings is 1. The third-order valence-corrected chi connectivity index (χ3v) is 7.44. The fraction of sp³-hybridized carbons (Fsp3) is 0.500. The Labute approximate surface area is 192 Å². The van der Waals surface area contributed by atoms with Crippen LogP contribution in [0.1, 0.15) is 18.1 Å². The van der Waals surface area contributed by atoms with Gasteiger partial charge >= 0.3 is 0 Å². The Morgan fingerprint density at radius 3 is 2.61 bits per heavy atom. The maximum atomic E-state index is 5.61. The lowest BCUT2D eigenvalue weighted by atomic mass is 10.3. The average molecular weight is 445 g/mol. The van der Waals surface area contributed by atoms with Crippen LogP contribution in [0.4, 0.5) is 5.82 Å². The number of aryl methyl sites for hydroxylation is 2. The van der Waals surface area contributed by atoms with Gasteiger partial charge in [0.1, 0.15) is 11.6 Å². The number of anilines is 1. The van der Waals surface area contributed by atoms with Crippen molar-refractivity contribution in [3.8, 4) is 5.95 Å². The summed E-state index contributed by atoms with van der Waals surface area (Å²) < 4.78 is 9.82. The molecule has 9 nitrogen and oxygen atoms in total. The van der Waals surface area contributed by atoms with Crippen molar-refractivity contribution < 1.29 is 4.74 Å². The molecule has 1 unspecified atom stereocenters. The van der Waals surface area contributed by atoms with E-state index in [1.807, 2.05) is 25.1 Å². The first-order valence-corrected chi connectivity index (χ1v) is 11.9. The number of aromatic nitrogens is 6. The summed E-state index contributed by atoms with van der Waals surface area (Å²) in [6, 6.07) is 8.15. The predicted molar refractivity (Wildman–Crippen MR) is 126 cm³/mol. The van der Waals surface area contributed by atoms with Gasteiger partial charge in [-0.25, -0.2) is 9.97 Å². The number of hydrogen-bond donors (Lipinski definition) is 0. The second-order valence-electron chi connectivity index (χ2n) is 9.64. The van der Waals surface area contributed by atoms with Crippen LogP contribution in [0, 0.1) is 18.8 Å². The number of hydrogen-bond acceptors (Lipinski definition) is 7. The largest absolute Gasteiger partial charge is 0.378 e. The number of ether oxygens (including phenoxy) is 1. The molecule has 0 radical (unpaired) electrons. The van der Waals surface area contributed by atoms with Crippen LogP contribution in [0.3, 0.4) is 0 Å². The molecule has 0 N–H and O–H groups in total. The van der Waals surface area contributed by atoms with Gasteiger partial charge in [-0.15, -0.1) is 0 Å². The van der Waals surface area contributed by atoms with Gasteiger partial charge < -0.3 is 14.2 Å². The summed E-state index contributed by atoms with van der Waals surface area (Å²) in [6.07, 6.45) is 1.41. The van der Waals surface area contributed by atoms with E-state index in [1.54, 1.807) is 0 Å². The first-order chi connectivity index (χ1) is 16.2. The molecule has 3 aromatic heterocycles. The molecule has 0 amide bonds. The third-order valence-electron chi connectivity index (χ3n) is 7.44. The van der Waals surface area contributed by atoms with Crippen molar-refractivity contribution in [3.05, 3.63) is 35.9 Å². The van der Waals surface area contributed by atoms with E-state index in [0.29, 0.717) is 19.2 Å². The summed E-state index contributed by atoms with van der Waals surface area (Å²) in [5.74, 6) is 5.29. The van der Waals surface area contributed by atoms with Crippen LogP contribution in [0.5, 0.6) is 0 Å². The minimum atomic E-state index is 0.646. The van der Waals surface area contributed by atoms with Crippen LogP contribution >= 0.6 is 0 Å². The quantitative estimate of drug-likeness (QED) is 0.478. The Morgan fingerprint density at radius 2 is 1.79 bits per heavy atom. The molecular weight excluding hydrogens is 416 g/mol. The van der Waals surface area contributed by atoms with E-state index < -0.39 is 0 Å². The molecular formula is C24H28N8O. The van der Waals surface area contributed by atoms with Gasteiger partial charge in [0.05, 0.1) is 30.8 Å². The number of imidazole rings is 2. The van der Waals surface area contributed by atoms with Crippen LogP contribution < -0.4 is 4.90 Å². The van der Waals surface area contributed by atoms with Crippen LogP contribution in [0.15, 0.2) is 24.3 Å². The first-order valence-electron chi connectivity index (χ1n) is 11.9. The smallest absolute Gasteiger partial charge is 0.239 e. The molecule has 9 heteroatoms. The lowest BCUT2D eigenvalue weighted by molar-refractivity contribution is 0.122. The maximum absolute atomic E-state index is 5.61. The van der Waals surface area contributed by atoms with Crippen molar-refractivity contribution in [2.75, 3.05) is 44.3 Å². The Morgan fingerprint density at radius 1 is 1.00 bits per heavy atom. The monoisotopic (exact) mass is 444 g/mol. The topological polar surface area (TPSA) is 77.1 Å². The lowest BCUT2D eigenvalue weighted by Gasteiger charge is -2.28. The summed E-state index contributed by atoms with van der Waals surface area (Å²) in [5.41, 5.74) is 3.72. The van der Waals surface area contributed by atoms with Gasteiger partial charge in [0.25, 0.3) is 0 Å². The Kier molecular flexibility index (Phi) is 4.26. The highest BCUT2D eigenvalue weighted by atomic mass is 16.5. The molecule has 2 aliphatic heterocycles. The molecule has 1 aliphatic carbocycles. The predicted octanol–water partition coefficient (Wildman–Crippen LogP) is 2.30. The second kappa shape index (κ2) is 7.23. The summed E-state index contributed by atoms with van der Waals surface area (Å²) in [6.45, 7) is 8.27. The van der Waals surface area contributed by atoms with Crippen LogP contribution in [-0.2, 0) is 18.3 Å². The maximum Gasteiger partial charge on any atom is 0.239 e. The molecule has 2 saturated heterocycles. The number of rotatable bonds is 4. The third kappa shape index (κ3) is 3.13. The van der Waals surface area contributed by atoms with Crippen LogP contribution in [0.2, 0.25) is 0 Å². The summed E-state index contributed by atoms with van der Waals surface area (Å²) in [5, 5.41) is 0. The van der Waals surface area contributed by atoms with Crippen molar-refractivity contribution in [1.29, 1.82) is 0 Å². The second-order valence-corrected chi connectivity index (χ2v) is 9.64. The molecule has 33 heavy (non-hydrogen) atoms. The van der Waals surface area contributed by atoms with Gasteiger partial charge in [-0.3, -0.25) is 9.47 Å². The van der Waals surface area contributed by atoms with Crippen molar-refractivity contribution in [1.82, 2.24) is 34.0 Å². The summed E-state index contributed by atoms with van der Waals surface area (Å²) in [4.78, 5) is 24.8. The normalized spacial score (nSPS) is 23.0. The number of morpholine rings is 1. The molecule has 5 heterocycles.